The predicted molar refractivity (Wildman–Crippen MR) is 103 cm³/mol. The molecule has 26 heavy (non-hydrogen) atoms. The standard InChI is InChI=1S/C20H19ClN4O/c1-25(2)20(26)15-9-10-18(23-13-15)24-19(17-8-3-4-11-22-17)14-6-5-7-16(21)12-14/h3-13,19H,1-2H3,(H,23,24). The van der Waals surface area contributed by atoms with Crippen LogP contribution in [0.5, 0.6) is 0 Å². The summed E-state index contributed by atoms with van der Waals surface area (Å²) in [4.78, 5) is 22.4. The summed E-state index contributed by atoms with van der Waals surface area (Å²) in [5.74, 6) is 0.566. The first kappa shape index (κ1) is 17.9. The monoisotopic (exact) mass is 366 g/mol. The van der Waals surface area contributed by atoms with E-state index in [4.69, 9.17) is 11.6 Å². The van der Waals surface area contributed by atoms with Crippen LogP contribution in [0.1, 0.15) is 27.7 Å². The van der Waals surface area contributed by atoms with Gasteiger partial charge in [0.15, 0.2) is 0 Å². The van der Waals surface area contributed by atoms with Crippen LogP contribution in [0.25, 0.3) is 0 Å². The third kappa shape index (κ3) is 4.18. The van der Waals surface area contributed by atoms with Gasteiger partial charge in [-0.1, -0.05) is 29.8 Å². The van der Waals surface area contributed by atoms with Crippen LogP contribution in [-0.2, 0) is 0 Å². The highest BCUT2D eigenvalue weighted by atomic mass is 35.5. The summed E-state index contributed by atoms with van der Waals surface area (Å²) in [5, 5.41) is 4.03. The van der Waals surface area contributed by atoms with Crippen LogP contribution < -0.4 is 5.32 Å². The molecule has 2 heterocycles. The van der Waals surface area contributed by atoms with Crippen molar-refractivity contribution in [3.8, 4) is 0 Å². The summed E-state index contributed by atoms with van der Waals surface area (Å²) >= 11 is 6.16. The zero-order valence-electron chi connectivity index (χ0n) is 14.6. The third-order valence-electron chi connectivity index (χ3n) is 3.87. The van der Waals surface area contributed by atoms with Gasteiger partial charge in [-0.25, -0.2) is 4.98 Å². The molecule has 0 aliphatic carbocycles. The first-order valence-electron chi connectivity index (χ1n) is 8.15. The molecule has 3 aromatic rings. The number of pyridine rings is 2. The van der Waals surface area contributed by atoms with Gasteiger partial charge < -0.3 is 10.2 Å². The van der Waals surface area contributed by atoms with Crippen LogP contribution in [0.4, 0.5) is 5.82 Å². The van der Waals surface area contributed by atoms with Crippen LogP contribution in [0.2, 0.25) is 5.02 Å². The van der Waals surface area contributed by atoms with Gasteiger partial charge in [0.05, 0.1) is 17.3 Å². The molecule has 0 saturated heterocycles. The molecule has 6 heteroatoms. The Labute approximate surface area is 157 Å². The fourth-order valence-electron chi connectivity index (χ4n) is 2.57. The second-order valence-corrected chi connectivity index (χ2v) is 6.46. The van der Waals surface area contributed by atoms with Crippen molar-refractivity contribution in [3.63, 3.8) is 0 Å². The molecular weight excluding hydrogens is 348 g/mol. The average molecular weight is 367 g/mol. The molecule has 0 fully saturated rings. The highest BCUT2D eigenvalue weighted by Crippen LogP contribution is 2.26. The van der Waals surface area contributed by atoms with Crippen molar-refractivity contribution < 1.29 is 4.79 Å². The number of rotatable bonds is 5. The topological polar surface area (TPSA) is 58.1 Å². The van der Waals surface area contributed by atoms with Crippen molar-refractivity contribution in [1.82, 2.24) is 14.9 Å². The van der Waals surface area contributed by atoms with Gasteiger partial charge in [-0.05, 0) is 42.0 Å². The molecule has 2 aromatic heterocycles. The largest absolute Gasteiger partial charge is 0.358 e. The van der Waals surface area contributed by atoms with Crippen LogP contribution in [0.15, 0.2) is 67.0 Å². The van der Waals surface area contributed by atoms with Crippen molar-refractivity contribution in [3.05, 3.63) is 88.8 Å². The van der Waals surface area contributed by atoms with E-state index in [1.165, 1.54) is 4.90 Å². The molecule has 0 saturated carbocycles. The number of hydrogen-bond donors (Lipinski definition) is 1. The summed E-state index contributed by atoms with van der Waals surface area (Å²) in [6, 6.07) is 16.7. The molecule has 1 aromatic carbocycles. The van der Waals surface area contributed by atoms with E-state index in [0.717, 1.165) is 11.3 Å². The Hall–Kier alpha value is -2.92. The highest BCUT2D eigenvalue weighted by molar-refractivity contribution is 6.30. The smallest absolute Gasteiger partial charge is 0.254 e. The number of halogens is 1. The number of nitrogens with zero attached hydrogens (tertiary/aromatic N) is 3. The molecule has 0 spiro atoms. The molecule has 1 amide bonds. The van der Waals surface area contributed by atoms with Gasteiger partial charge in [0.1, 0.15) is 5.82 Å². The Kier molecular flexibility index (Phi) is 5.49. The van der Waals surface area contributed by atoms with Gasteiger partial charge >= 0.3 is 0 Å². The second kappa shape index (κ2) is 7.97. The Balaban J connectivity index is 1.90. The van der Waals surface area contributed by atoms with Crippen molar-refractivity contribution in [2.75, 3.05) is 19.4 Å². The Morgan fingerprint density at radius 1 is 1.08 bits per heavy atom. The third-order valence-corrected chi connectivity index (χ3v) is 4.11. The summed E-state index contributed by atoms with van der Waals surface area (Å²) in [6.07, 6.45) is 3.32. The zero-order valence-corrected chi connectivity index (χ0v) is 15.3. The Bertz CT molecular complexity index is 882. The van der Waals surface area contributed by atoms with Gasteiger partial charge in [0.25, 0.3) is 5.91 Å². The SMILES string of the molecule is CN(C)C(=O)c1ccc(NC(c2cccc(Cl)c2)c2ccccn2)nc1. The molecule has 0 bridgehead atoms. The number of benzene rings is 1. The highest BCUT2D eigenvalue weighted by Gasteiger charge is 2.17. The van der Waals surface area contributed by atoms with E-state index in [0.29, 0.717) is 16.4 Å². The van der Waals surface area contributed by atoms with E-state index in [2.05, 4.69) is 15.3 Å². The maximum absolute atomic E-state index is 12.0. The molecule has 132 valence electrons. The quantitative estimate of drug-likeness (QED) is 0.740. The van der Waals surface area contributed by atoms with E-state index in [1.54, 1.807) is 38.6 Å². The summed E-state index contributed by atoms with van der Waals surface area (Å²) in [6.45, 7) is 0. The lowest BCUT2D eigenvalue weighted by Crippen LogP contribution is -2.22. The minimum atomic E-state index is -0.210. The van der Waals surface area contributed by atoms with Crippen LogP contribution in [0.3, 0.4) is 0 Å². The van der Waals surface area contributed by atoms with Gasteiger partial charge in [0, 0.05) is 31.5 Å². The summed E-state index contributed by atoms with van der Waals surface area (Å²) in [7, 11) is 3.43. The molecular formula is C20H19ClN4O. The van der Waals surface area contributed by atoms with Gasteiger partial charge in [-0.15, -0.1) is 0 Å². The van der Waals surface area contributed by atoms with E-state index in [9.17, 15) is 4.79 Å². The second-order valence-electron chi connectivity index (χ2n) is 6.02. The molecule has 0 aliphatic heterocycles. The molecule has 5 nitrogen and oxygen atoms in total. The number of hydrogen-bond acceptors (Lipinski definition) is 4. The minimum Gasteiger partial charge on any atom is -0.358 e. The van der Waals surface area contributed by atoms with Crippen molar-refractivity contribution >= 4 is 23.3 Å². The van der Waals surface area contributed by atoms with Crippen LogP contribution in [0, 0.1) is 0 Å². The number of nitrogens with one attached hydrogen (secondary N) is 1. The maximum atomic E-state index is 12.0. The van der Waals surface area contributed by atoms with E-state index < -0.39 is 0 Å². The van der Waals surface area contributed by atoms with Gasteiger partial charge in [-0.2, -0.15) is 0 Å². The number of amides is 1. The van der Waals surface area contributed by atoms with E-state index in [-0.39, 0.29) is 11.9 Å². The number of carbonyl (C=O) groups excluding carboxylic acids is 1. The number of aromatic nitrogens is 2. The normalized spacial score (nSPS) is 11.7. The molecule has 3 rings (SSSR count). The number of anilines is 1. The molecule has 1 atom stereocenters. The Morgan fingerprint density at radius 2 is 1.92 bits per heavy atom. The minimum absolute atomic E-state index is 0.0832. The van der Waals surface area contributed by atoms with Crippen molar-refractivity contribution in [2.24, 2.45) is 0 Å². The fraction of sp³-hybridized carbons (Fsp3) is 0.150. The first-order chi connectivity index (χ1) is 12.5. The zero-order chi connectivity index (χ0) is 18.5. The van der Waals surface area contributed by atoms with Gasteiger partial charge in [-0.3, -0.25) is 9.78 Å². The fourth-order valence-corrected chi connectivity index (χ4v) is 2.77. The lowest BCUT2D eigenvalue weighted by Gasteiger charge is -2.20. The van der Waals surface area contributed by atoms with Crippen molar-refractivity contribution in [1.29, 1.82) is 0 Å². The van der Waals surface area contributed by atoms with E-state index >= 15 is 0 Å². The molecule has 1 unspecified atom stereocenters. The lowest BCUT2D eigenvalue weighted by molar-refractivity contribution is 0.0827. The Morgan fingerprint density at radius 3 is 2.54 bits per heavy atom. The lowest BCUT2D eigenvalue weighted by atomic mass is 10.0. The molecule has 1 N–H and O–H groups in total. The molecule has 0 aliphatic rings. The maximum Gasteiger partial charge on any atom is 0.254 e. The van der Waals surface area contributed by atoms with Crippen LogP contribution in [-0.4, -0.2) is 34.9 Å². The van der Waals surface area contributed by atoms with Crippen molar-refractivity contribution in [2.45, 2.75) is 6.04 Å². The van der Waals surface area contributed by atoms with Gasteiger partial charge in [0.2, 0.25) is 0 Å². The molecule has 0 radical (unpaired) electrons. The summed E-state index contributed by atoms with van der Waals surface area (Å²) in [5.41, 5.74) is 2.37. The number of carbonyl (C=O) groups is 1. The predicted octanol–water partition coefficient (Wildman–Crippen LogP) is 4.03. The van der Waals surface area contributed by atoms with E-state index in [1.807, 2.05) is 42.5 Å². The van der Waals surface area contributed by atoms with Crippen LogP contribution >= 0.6 is 11.6 Å². The summed E-state index contributed by atoms with van der Waals surface area (Å²) < 4.78 is 0. The first-order valence-corrected chi connectivity index (χ1v) is 8.53. The average Bonchev–Trinajstić information content (AvgIpc) is 2.66.